The number of halogens is 3. The lowest BCUT2D eigenvalue weighted by atomic mass is 10.1. The minimum absolute atomic E-state index is 0.0336. The number of amides is 1. The van der Waals surface area contributed by atoms with E-state index in [2.05, 4.69) is 19.8 Å². The number of rotatable bonds is 6. The van der Waals surface area contributed by atoms with E-state index in [0.717, 1.165) is 13.2 Å². The molecule has 0 saturated carbocycles. The van der Waals surface area contributed by atoms with Crippen LogP contribution in [0.3, 0.4) is 0 Å². The van der Waals surface area contributed by atoms with Crippen LogP contribution in [0.4, 0.5) is 13.2 Å². The Bertz CT molecular complexity index is 790. The summed E-state index contributed by atoms with van der Waals surface area (Å²) in [6, 6.07) is 0. The molecule has 8 nitrogen and oxygen atoms in total. The van der Waals surface area contributed by atoms with Gasteiger partial charge in [-0.05, 0) is 5.92 Å². The fourth-order valence-corrected chi connectivity index (χ4v) is 2.43. The molecule has 11 heteroatoms. The van der Waals surface area contributed by atoms with E-state index in [1.165, 1.54) is 4.90 Å². The van der Waals surface area contributed by atoms with Crippen molar-refractivity contribution in [2.24, 2.45) is 13.0 Å². The Balaban J connectivity index is 2.25. The molecule has 0 aliphatic heterocycles. The number of nitrogens with zero attached hydrogens (tertiary/aromatic N) is 4. The summed E-state index contributed by atoms with van der Waals surface area (Å²) in [5, 5.41) is 7.04. The van der Waals surface area contributed by atoms with Crippen LogP contribution in [-0.4, -0.2) is 43.8 Å². The van der Waals surface area contributed by atoms with Crippen LogP contribution in [-0.2, 0) is 19.6 Å². The van der Waals surface area contributed by atoms with E-state index in [1.54, 1.807) is 0 Å². The molecule has 0 unspecified atom stereocenters. The van der Waals surface area contributed by atoms with Gasteiger partial charge in [0.15, 0.2) is 11.5 Å². The molecular weight excluding hydrogens is 343 g/mol. The maximum Gasteiger partial charge on any atom is 0.438 e. The standard InChI is InChI=1S/C14H18F3N5O3/c1-8(2)7-22(5-4-10-19-13(24)25-20-10)12(23)9-6-18-21(3)11(9)14(15,16)17/h6,8H,4-5,7H2,1-3H3,(H,19,20,24). The summed E-state index contributed by atoms with van der Waals surface area (Å²) >= 11 is 0. The summed E-state index contributed by atoms with van der Waals surface area (Å²) in [4.78, 5) is 27.2. The summed E-state index contributed by atoms with van der Waals surface area (Å²) in [7, 11) is 1.13. The Labute approximate surface area is 140 Å². The average Bonchev–Trinajstić information content (AvgIpc) is 3.07. The smallest absolute Gasteiger partial charge is 0.338 e. The predicted octanol–water partition coefficient (Wildman–Crippen LogP) is 1.46. The van der Waals surface area contributed by atoms with Crippen LogP contribution in [0, 0.1) is 5.92 Å². The topological polar surface area (TPSA) is 97.0 Å². The van der Waals surface area contributed by atoms with E-state index in [-0.39, 0.29) is 31.3 Å². The molecular formula is C14H18F3N5O3. The quantitative estimate of drug-likeness (QED) is 0.840. The lowest BCUT2D eigenvalue weighted by Gasteiger charge is -2.24. The van der Waals surface area contributed by atoms with Gasteiger partial charge >= 0.3 is 11.9 Å². The van der Waals surface area contributed by atoms with Crippen LogP contribution in [0.2, 0.25) is 0 Å². The van der Waals surface area contributed by atoms with E-state index < -0.39 is 29.1 Å². The number of aryl methyl sites for hydroxylation is 1. The Hall–Kier alpha value is -2.59. The van der Waals surface area contributed by atoms with Crippen molar-refractivity contribution in [3.8, 4) is 0 Å². The largest absolute Gasteiger partial charge is 0.438 e. The van der Waals surface area contributed by atoms with Gasteiger partial charge in [-0.3, -0.25) is 19.0 Å². The van der Waals surface area contributed by atoms with Gasteiger partial charge in [0, 0.05) is 26.6 Å². The van der Waals surface area contributed by atoms with Crippen molar-refractivity contribution in [3.63, 3.8) is 0 Å². The van der Waals surface area contributed by atoms with Gasteiger partial charge in [-0.15, -0.1) is 0 Å². The van der Waals surface area contributed by atoms with Crippen LogP contribution >= 0.6 is 0 Å². The van der Waals surface area contributed by atoms with Gasteiger partial charge in [0.25, 0.3) is 5.91 Å². The van der Waals surface area contributed by atoms with Crippen molar-refractivity contribution in [3.05, 3.63) is 33.8 Å². The van der Waals surface area contributed by atoms with Crippen molar-refractivity contribution in [1.29, 1.82) is 0 Å². The van der Waals surface area contributed by atoms with Gasteiger partial charge in [0.2, 0.25) is 0 Å². The number of H-pyrrole nitrogens is 1. The third-order valence-electron chi connectivity index (χ3n) is 3.41. The lowest BCUT2D eigenvalue weighted by molar-refractivity contribution is -0.144. The number of carbonyl (C=O) groups excluding carboxylic acids is 1. The second-order valence-electron chi connectivity index (χ2n) is 5.96. The molecule has 2 aromatic heterocycles. The summed E-state index contributed by atoms with van der Waals surface area (Å²) < 4.78 is 44.6. The zero-order chi connectivity index (χ0) is 18.8. The molecule has 1 amide bonds. The number of aromatic nitrogens is 4. The highest BCUT2D eigenvalue weighted by molar-refractivity contribution is 5.95. The zero-order valence-corrected chi connectivity index (χ0v) is 13.9. The van der Waals surface area contributed by atoms with Gasteiger partial charge in [0.05, 0.1) is 11.8 Å². The molecule has 138 valence electrons. The first-order valence-corrected chi connectivity index (χ1v) is 7.53. The molecule has 2 rings (SSSR count). The van der Waals surface area contributed by atoms with Crippen molar-refractivity contribution in [2.75, 3.05) is 13.1 Å². The minimum Gasteiger partial charge on any atom is -0.338 e. The fraction of sp³-hybridized carbons (Fsp3) is 0.571. The first kappa shape index (κ1) is 18.7. The van der Waals surface area contributed by atoms with E-state index in [4.69, 9.17) is 0 Å². The van der Waals surface area contributed by atoms with E-state index >= 15 is 0 Å². The number of hydrogen-bond acceptors (Lipinski definition) is 5. The monoisotopic (exact) mass is 361 g/mol. The Morgan fingerprint density at radius 3 is 2.64 bits per heavy atom. The molecule has 0 fully saturated rings. The van der Waals surface area contributed by atoms with Crippen LogP contribution in [0.1, 0.15) is 35.7 Å². The first-order chi connectivity index (χ1) is 11.6. The molecule has 0 spiro atoms. The summed E-state index contributed by atoms with van der Waals surface area (Å²) in [5.74, 6) is -1.26. The molecule has 1 N–H and O–H groups in total. The van der Waals surface area contributed by atoms with Crippen LogP contribution in [0.15, 0.2) is 15.5 Å². The fourth-order valence-electron chi connectivity index (χ4n) is 2.43. The van der Waals surface area contributed by atoms with E-state index in [0.29, 0.717) is 4.68 Å². The van der Waals surface area contributed by atoms with Crippen molar-refractivity contribution in [1.82, 2.24) is 24.8 Å². The first-order valence-electron chi connectivity index (χ1n) is 7.53. The molecule has 25 heavy (non-hydrogen) atoms. The van der Waals surface area contributed by atoms with Crippen molar-refractivity contribution >= 4 is 5.91 Å². The number of aromatic amines is 1. The van der Waals surface area contributed by atoms with Crippen LogP contribution < -0.4 is 5.76 Å². The van der Waals surface area contributed by atoms with Gasteiger partial charge < -0.3 is 4.90 Å². The number of carbonyl (C=O) groups is 1. The summed E-state index contributed by atoms with van der Waals surface area (Å²) in [6.07, 6.45) is -3.64. The molecule has 2 aromatic rings. The highest BCUT2D eigenvalue weighted by atomic mass is 19.4. The van der Waals surface area contributed by atoms with Crippen LogP contribution in [0.5, 0.6) is 0 Å². The molecule has 0 radical (unpaired) electrons. The lowest BCUT2D eigenvalue weighted by Crippen LogP contribution is -2.37. The third kappa shape index (κ3) is 4.48. The molecule has 0 atom stereocenters. The Morgan fingerprint density at radius 1 is 1.44 bits per heavy atom. The maximum absolute atomic E-state index is 13.2. The van der Waals surface area contributed by atoms with Gasteiger partial charge in [-0.1, -0.05) is 19.0 Å². The highest BCUT2D eigenvalue weighted by Crippen LogP contribution is 2.32. The molecule has 0 bridgehead atoms. The van der Waals surface area contributed by atoms with Gasteiger partial charge in [-0.2, -0.15) is 18.3 Å². The van der Waals surface area contributed by atoms with E-state index in [9.17, 15) is 22.8 Å². The zero-order valence-electron chi connectivity index (χ0n) is 13.9. The number of hydrogen-bond donors (Lipinski definition) is 1. The second kappa shape index (κ2) is 7.11. The molecule has 0 aromatic carbocycles. The SMILES string of the molecule is CC(C)CN(CCc1noc(=O)[nH]1)C(=O)c1cnn(C)c1C(F)(F)F. The Kier molecular flexibility index (Phi) is 5.33. The maximum atomic E-state index is 13.2. The normalized spacial score (nSPS) is 12.0. The molecule has 0 saturated heterocycles. The van der Waals surface area contributed by atoms with E-state index in [1.807, 2.05) is 13.8 Å². The van der Waals surface area contributed by atoms with Crippen LogP contribution in [0.25, 0.3) is 0 Å². The molecule has 2 heterocycles. The summed E-state index contributed by atoms with van der Waals surface area (Å²) in [6.45, 7) is 4.00. The molecule has 0 aliphatic rings. The molecule has 0 aliphatic carbocycles. The van der Waals surface area contributed by atoms with Gasteiger partial charge in [-0.25, -0.2) is 4.79 Å². The minimum atomic E-state index is -4.70. The summed E-state index contributed by atoms with van der Waals surface area (Å²) in [5.41, 5.74) is -1.61. The second-order valence-corrected chi connectivity index (χ2v) is 5.96. The Morgan fingerprint density at radius 2 is 2.12 bits per heavy atom. The van der Waals surface area contributed by atoms with Crippen molar-refractivity contribution < 1.29 is 22.5 Å². The number of nitrogens with one attached hydrogen (secondary N) is 1. The number of alkyl halides is 3. The highest BCUT2D eigenvalue weighted by Gasteiger charge is 2.40. The van der Waals surface area contributed by atoms with Crippen molar-refractivity contribution in [2.45, 2.75) is 26.4 Å². The average molecular weight is 361 g/mol. The van der Waals surface area contributed by atoms with Gasteiger partial charge in [0.1, 0.15) is 0 Å². The third-order valence-corrected chi connectivity index (χ3v) is 3.41. The predicted molar refractivity (Wildman–Crippen MR) is 79.8 cm³/mol.